The summed E-state index contributed by atoms with van der Waals surface area (Å²) >= 11 is 6.14. The Morgan fingerprint density at radius 3 is 2.83 bits per heavy atom. The van der Waals surface area contributed by atoms with Crippen LogP contribution in [0.25, 0.3) is 11.3 Å². The number of halogens is 1. The summed E-state index contributed by atoms with van der Waals surface area (Å²) in [6.07, 6.45) is -1.38. The van der Waals surface area contributed by atoms with Gasteiger partial charge in [0.25, 0.3) is 5.91 Å². The third-order valence-corrected chi connectivity index (χ3v) is 4.11. The number of ether oxygens (including phenoxy) is 1. The topological polar surface area (TPSA) is 95.5 Å². The number of carbonyl (C=O) groups is 2. The van der Waals surface area contributed by atoms with Crippen molar-refractivity contribution in [3.05, 3.63) is 41.0 Å². The Hall–Kier alpha value is -2.38. The molecule has 126 valence electrons. The molecule has 2 atom stereocenters. The summed E-state index contributed by atoms with van der Waals surface area (Å²) in [7, 11) is 0. The van der Waals surface area contributed by atoms with Crippen molar-refractivity contribution in [2.24, 2.45) is 0 Å². The fourth-order valence-corrected chi connectivity index (χ4v) is 2.89. The van der Waals surface area contributed by atoms with E-state index in [9.17, 15) is 9.59 Å². The molecule has 1 saturated heterocycles. The maximum atomic E-state index is 12.6. The molecule has 24 heavy (non-hydrogen) atoms. The molecule has 1 aliphatic heterocycles. The maximum absolute atomic E-state index is 12.6. The van der Waals surface area contributed by atoms with Gasteiger partial charge >= 0.3 is 5.97 Å². The highest BCUT2D eigenvalue weighted by molar-refractivity contribution is 6.33. The molecule has 1 fully saturated rings. The highest BCUT2D eigenvalue weighted by atomic mass is 35.5. The first-order valence-corrected chi connectivity index (χ1v) is 7.81. The SMILES string of the molecule is C[C@@H]1CN(C(=O)c2cc(-c3ccccc3Cl)n[nH]2)CC(C(=O)O)O1. The smallest absolute Gasteiger partial charge is 0.334 e. The van der Waals surface area contributed by atoms with E-state index in [0.29, 0.717) is 22.8 Å². The molecule has 3 rings (SSSR count). The van der Waals surface area contributed by atoms with Gasteiger partial charge in [-0.1, -0.05) is 29.8 Å². The highest BCUT2D eigenvalue weighted by Crippen LogP contribution is 2.26. The molecular formula is C16H16ClN3O4. The van der Waals surface area contributed by atoms with E-state index in [1.165, 1.54) is 4.90 Å². The predicted molar refractivity (Wildman–Crippen MR) is 86.9 cm³/mol. The third-order valence-electron chi connectivity index (χ3n) is 3.78. The highest BCUT2D eigenvalue weighted by Gasteiger charge is 2.33. The Morgan fingerprint density at radius 1 is 1.38 bits per heavy atom. The second-order valence-corrected chi connectivity index (χ2v) is 6.04. The van der Waals surface area contributed by atoms with Crippen molar-refractivity contribution in [2.45, 2.75) is 19.1 Å². The number of aromatic nitrogens is 2. The molecule has 8 heteroatoms. The standard InChI is InChI=1S/C16H16ClN3O4/c1-9-7-20(8-14(24-9)16(22)23)15(21)13-6-12(18-19-13)10-4-2-3-5-11(10)17/h2-6,9,14H,7-8H2,1H3,(H,18,19)(H,22,23)/t9-,14?/m1/s1. The number of morpholine rings is 1. The summed E-state index contributed by atoms with van der Waals surface area (Å²) in [6, 6.07) is 8.81. The van der Waals surface area contributed by atoms with E-state index in [-0.39, 0.29) is 24.2 Å². The van der Waals surface area contributed by atoms with E-state index in [4.69, 9.17) is 21.4 Å². The van der Waals surface area contributed by atoms with E-state index in [1.807, 2.05) is 18.2 Å². The number of H-pyrrole nitrogens is 1. The zero-order chi connectivity index (χ0) is 17.3. The van der Waals surface area contributed by atoms with Crippen LogP contribution in [0.15, 0.2) is 30.3 Å². The van der Waals surface area contributed by atoms with Gasteiger partial charge in [-0.05, 0) is 19.1 Å². The van der Waals surface area contributed by atoms with E-state index in [1.54, 1.807) is 19.1 Å². The largest absolute Gasteiger partial charge is 0.479 e. The summed E-state index contributed by atoms with van der Waals surface area (Å²) in [5.74, 6) is -1.40. The van der Waals surface area contributed by atoms with Crippen molar-refractivity contribution in [2.75, 3.05) is 13.1 Å². The Kier molecular flexibility index (Phi) is 4.55. The minimum atomic E-state index is -1.08. The number of nitrogens with zero attached hydrogens (tertiary/aromatic N) is 2. The number of aromatic amines is 1. The van der Waals surface area contributed by atoms with Crippen LogP contribution in [0.4, 0.5) is 0 Å². The molecule has 1 amide bonds. The summed E-state index contributed by atoms with van der Waals surface area (Å²) in [5.41, 5.74) is 1.55. The number of carboxylic acids is 1. The zero-order valence-electron chi connectivity index (χ0n) is 12.9. The van der Waals surface area contributed by atoms with Gasteiger partial charge in [-0.15, -0.1) is 0 Å². The Morgan fingerprint density at radius 2 is 2.12 bits per heavy atom. The van der Waals surface area contributed by atoms with Crippen molar-refractivity contribution in [3.8, 4) is 11.3 Å². The van der Waals surface area contributed by atoms with Gasteiger partial charge in [-0.3, -0.25) is 9.89 Å². The summed E-state index contributed by atoms with van der Waals surface area (Å²) < 4.78 is 5.32. The number of nitrogens with one attached hydrogen (secondary N) is 1. The summed E-state index contributed by atoms with van der Waals surface area (Å²) in [6.45, 7) is 2.06. The van der Waals surface area contributed by atoms with Crippen LogP contribution in [-0.2, 0) is 9.53 Å². The summed E-state index contributed by atoms with van der Waals surface area (Å²) in [4.78, 5) is 25.2. The second-order valence-electron chi connectivity index (χ2n) is 5.63. The third kappa shape index (κ3) is 3.27. The van der Waals surface area contributed by atoms with Crippen LogP contribution in [0.5, 0.6) is 0 Å². The number of carbonyl (C=O) groups excluding carboxylic acids is 1. The molecule has 1 aromatic heterocycles. The number of aliphatic carboxylic acids is 1. The van der Waals surface area contributed by atoms with Crippen molar-refractivity contribution < 1.29 is 19.4 Å². The molecule has 0 aliphatic carbocycles. The molecule has 0 spiro atoms. The van der Waals surface area contributed by atoms with Crippen LogP contribution >= 0.6 is 11.6 Å². The molecule has 2 aromatic rings. The van der Waals surface area contributed by atoms with Crippen LogP contribution in [0.3, 0.4) is 0 Å². The fourth-order valence-electron chi connectivity index (χ4n) is 2.66. The van der Waals surface area contributed by atoms with Crippen molar-refractivity contribution in [3.63, 3.8) is 0 Å². The van der Waals surface area contributed by atoms with Crippen LogP contribution in [-0.4, -0.2) is 57.4 Å². The van der Waals surface area contributed by atoms with Crippen LogP contribution in [0.1, 0.15) is 17.4 Å². The molecule has 1 unspecified atom stereocenters. The summed E-state index contributed by atoms with van der Waals surface area (Å²) in [5, 5.41) is 16.5. The Balaban J connectivity index is 1.81. The Bertz CT molecular complexity index is 776. The molecule has 1 aromatic carbocycles. The van der Waals surface area contributed by atoms with Gasteiger partial charge < -0.3 is 14.7 Å². The molecular weight excluding hydrogens is 334 g/mol. The maximum Gasteiger partial charge on any atom is 0.334 e. The van der Waals surface area contributed by atoms with Crippen molar-refractivity contribution >= 4 is 23.5 Å². The number of hydrogen-bond donors (Lipinski definition) is 2. The van der Waals surface area contributed by atoms with Crippen LogP contribution < -0.4 is 0 Å². The van der Waals surface area contributed by atoms with Gasteiger partial charge in [0.05, 0.1) is 23.4 Å². The van der Waals surface area contributed by atoms with E-state index >= 15 is 0 Å². The molecule has 0 saturated carbocycles. The normalized spacial score (nSPS) is 20.8. The predicted octanol–water partition coefficient (Wildman–Crippen LogP) is 2.04. The molecule has 1 aliphatic rings. The monoisotopic (exact) mass is 349 g/mol. The lowest BCUT2D eigenvalue weighted by Gasteiger charge is -2.34. The lowest BCUT2D eigenvalue weighted by Crippen LogP contribution is -2.51. The first kappa shape index (κ1) is 16.5. The minimum Gasteiger partial charge on any atom is -0.479 e. The molecule has 0 radical (unpaired) electrons. The van der Waals surface area contributed by atoms with E-state index in [2.05, 4.69) is 10.2 Å². The quantitative estimate of drug-likeness (QED) is 0.884. The van der Waals surface area contributed by atoms with E-state index < -0.39 is 12.1 Å². The Labute approximate surface area is 143 Å². The molecule has 2 heterocycles. The lowest BCUT2D eigenvalue weighted by molar-refractivity contribution is -0.160. The van der Waals surface area contributed by atoms with Gasteiger partial charge in [-0.2, -0.15) is 5.10 Å². The lowest BCUT2D eigenvalue weighted by atomic mass is 10.1. The number of carboxylic acid groups (broad SMARTS) is 1. The minimum absolute atomic E-state index is 0.00104. The van der Waals surface area contributed by atoms with E-state index in [0.717, 1.165) is 0 Å². The fraction of sp³-hybridized carbons (Fsp3) is 0.312. The second kappa shape index (κ2) is 6.62. The average molecular weight is 350 g/mol. The molecule has 2 N–H and O–H groups in total. The molecule has 0 bridgehead atoms. The van der Waals surface area contributed by atoms with Gasteiger partial charge in [0.15, 0.2) is 6.10 Å². The zero-order valence-corrected chi connectivity index (χ0v) is 13.7. The van der Waals surface area contributed by atoms with Gasteiger partial charge in [-0.25, -0.2) is 4.79 Å². The number of amides is 1. The number of rotatable bonds is 3. The van der Waals surface area contributed by atoms with Crippen LogP contribution in [0, 0.1) is 0 Å². The van der Waals surface area contributed by atoms with Crippen LogP contribution in [0.2, 0.25) is 5.02 Å². The van der Waals surface area contributed by atoms with Gasteiger partial charge in [0.2, 0.25) is 0 Å². The number of hydrogen-bond acceptors (Lipinski definition) is 4. The molecule has 7 nitrogen and oxygen atoms in total. The average Bonchev–Trinajstić information content (AvgIpc) is 3.03. The van der Waals surface area contributed by atoms with Crippen molar-refractivity contribution in [1.29, 1.82) is 0 Å². The first-order chi connectivity index (χ1) is 11.5. The number of benzene rings is 1. The first-order valence-electron chi connectivity index (χ1n) is 7.43. The van der Waals surface area contributed by atoms with Gasteiger partial charge in [0, 0.05) is 12.1 Å². The van der Waals surface area contributed by atoms with Gasteiger partial charge in [0.1, 0.15) is 5.69 Å². The van der Waals surface area contributed by atoms with Crippen molar-refractivity contribution in [1.82, 2.24) is 15.1 Å².